The Balaban J connectivity index is 2.27. The van der Waals surface area contributed by atoms with Crippen LogP contribution in [0.25, 0.3) is 0 Å². The van der Waals surface area contributed by atoms with Crippen molar-refractivity contribution >= 4 is 71.2 Å². The highest BCUT2D eigenvalue weighted by Gasteiger charge is 2.51. The molecule has 0 saturated carbocycles. The van der Waals surface area contributed by atoms with Crippen LogP contribution >= 0.6 is 35.1 Å². The first kappa shape index (κ1) is 33.0. The van der Waals surface area contributed by atoms with Crippen molar-refractivity contribution in [2.45, 2.75) is 71.3 Å². The summed E-state index contributed by atoms with van der Waals surface area (Å²) in [5, 5.41) is 10.1. The van der Waals surface area contributed by atoms with Crippen molar-refractivity contribution in [1.82, 2.24) is 4.90 Å². The zero-order valence-corrected chi connectivity index (χ0v) is 26.3. The van der Waals surface area contributed by atoms with Gasteiger partial charge in [-0.25, -0.2) is 4.79 Å². The van der Waals surface area contributed by atoms with E-state index >= 15 is 0 Å². The van der Waals surface area contributed by atoms with E-state index in [0.29, 0.717) is 42.1 Å². The van der Waals surface area contributed by atoms with E-state index in [1.807, 2.05) is 0 Å². The standard InChI is InChI=1S/C25H33ClN2O8S2Si/c1-15(29)37-24(38-16(2)30)20(23(32)35-14-17-8-10-18(11-9-17)28(33)34)27-21(26)19(22(27)31)12-13-36-39(6,7)25(3,4)5/h8-11,19,21H,12-14H2,1-7H3/t19-,21+/m1/s1. The number of nitrogens with zero attached hydrogens (tertiary/aromatic N) is 2. The SMILES string of the molecule is CC(=O)SC(SC(C)=O)=C(C(=O)OCc1ccc([N+](=O)[O-])cc1)N1C(=O)[C@H](CCO[Si](C)(C)C(C)(C)C)[C@H]1Cl. The van der Waals surface area contributed by atoms with Gasteiger partial charge in [-0.3, -0.25) is 29.4 Å². The van der Waals surface area contributed by atoms with Crippen molar-refractivity contribution in [3.8, 4) is 0 Å². The molecule has 39 heavy (non-hydrogen) atoms. The number of alkyl halides is 1. The first-order valence-electron chi connectivity index (χ1n) is 12.1. The van der Waals surface area contributed by atoms with Crippen LogP contribution in [0.4, 0.5) is 5.69 Å². The molecule has 1 fully saturated rings. The highest BCUT2D eigenvalue weighted by molar-refractivity contribution is 8.34. The topological polar surface area (TPSA) is 133 Å². The Kier molecular flexibility index (Phi) is 11.4. The minimum Gasteiger partial charge on any atom is -0.456 e. The van der Waals surface area contributed by atoms with Crippen LogP contribution in [0.5, 0.6) is 0 Å². The Morgan fingerprint density at radius 1 is 1.10 bits per heavy atom. The number of carbonyl (C=O) groups excluding carboxylic acids is 4. The molecule has 0 spiro atoms. The number of hydrogen-bond acceptors (Lipinski definition) is 10. The monoisotopic (exact) mass is 616 g/mol. The number of rotatable bonds is 11. The van der Waals surface area contributed by atoms with Crippen molar-refractivity contribution in [2.24, 2.45) is 5.92 Å². The van der Waals surface area contributed by atoms with Gasteiger partial charge in [0.2, 0.25) is 5.91 Å². The molecule has 214 valence electrons. The van der Waals surface area contributed by atoms with Crippen LogP contribution in [-0.4, -0.2) is 52.4 Å². The lowest BCUT2D eigenvalue weighted by molar-refractivity contribution is -0.384. The number of β-lactam (4-membered cyclic amide) rings is 1. The van der Waals surface area contributed by atoms with Crippen LogP contribution in [0.1, 0.15) is 46.6 Å². The number of benzene rings is 1. The summed E-state index contributed by atoms with van der Waals surface area (Å²) in [4.78, 5) is 61.8. The van der Waals surface area contributed by atoms with Crippen LogP contribution in [0.15, 0.2) is 34.2 Å². The van der Waals surface area contributed by atoms with Gasteiger partial charge in [-0.05, 0) is 65.8 Å². The Hall–Kier alpha value is -2.19. The van der Waals surface area contributed by atoms with Gasteiger partial charge in [0.05, 0.1) is 15.1 Å². The molecule has 1 heterocycles. The highest BCUT2D eigenvalue weighted by Crippen LogP contribution is 2.43. The van der Waals surface area contributed by atoms with Crippen molar-refractivity contribution in [1.29, 1.82) is 0 Å². The highest BCUT2D eigenvalue weighted by atomic mass is 35.5. The summed E-state index contributed by atoms with van der Waals surface area (Å²) in [6, 6.07) is 5.41. The van der Waals surface area contributed by atoms with Crippen molar-refractivity contribution in [3.63, 3.8) is 0 Å². The summed E-state index contributed by atoms with van der Waals surface area (Å²) >= 11 is 7.87. The van der Waals surface area contributed by atoms with Gasteiger partial charge in [-0.1, -0.05) is 32.4 Å². The number of hydrogen-bond donors (Lipinski definition) is 0. The second-order valence-electron chi connectivity index (χ2n) is 10.4. The van der Waals surface area contributed by atoms with E-state index in [1.165, 1.54) is 38.1 Å². The lowest BCUT2D eigenvalue weighted by Crippen LogP contribution is -2.59. The van der Waals surface area contributed by atoms with Gasteiger partial charge in [-0.15, -0.1) is 0 Å². The van der Waals surface area contributed by atoms with Gasteiger partial charge in [0.25, 0.3) is 5.69 Å². The number of esters is 1. The largest absolute Gasteiger partial charge is 0.456 e. The Labute approximate surface area is 242 Å². The number of nitro groups is 1. The number of nitro benzene ring substituents is 1. The average Bonchev–Trinajstić information content (AvgIpc) is 2.81. The molecule has 0 N–H and O–H groups in total. The third-order valence-electron chi connectivity index (χ3n) is 6.45. The smallest absolute Gasteiger partial charge is 0.357 e. The molecule has 1 aliphatic heterocycles. The Bertz CT molecular complexity index is 1150. The molecule has 14 heteroatoms. The van der Waals surface area contributed by atoms with Crippen LogP contribution < -0.4 is 0 Å². The van der Waals surface area contributed by atoms with Crippen LogP contribution in [0, 0.1) is 16.0 Å². The maximum absolute atomic E-state index is 13.3. The molecule has 2 rings (SSSR count). The third kappa shape index (κ3) is 8.64. The second-order valence-corrected chi connectivity index (χ2v) is 18.3. The normalized spacial score (nSPS) is 17.3. The van der Waals surface area contributed by atoms with Crippen molar-refractivity contribution in [3.05, 3.63) is 49.9 Å². The van der Waals surface area contributed by atoms with E-state index < -0.39 is 46.8 Å². The number of thioether (sulfide) groups is 2. The first-order valence-corrected chi connectivity index (χ1v) is 17.1. The minimum absolute atomic E-state index is 0.00487. The molecule has 1 saturated heterocycles. The molecule has 0 aromatic heterocycles. The number of non-ortho nitro benzene ring substituents is 1. The number of halogens is 1. The van der Waals surface area contributed by atoms with E-state index in [1.54, 1.807) is 0 Å². The number of carbonyl (C=O) groups is 4. The van der Waals surface area contributed by atoms with E-state index in [-0.39, 0.29) is 27.3 Å². The summed E-state index contributed by atoms with van der Waals surface area (Å²) in [5.41, 5.74) is -0.865. The van der Waals surface area contributed by atoms with Gasteiger partial charge in [0.1, 0.15) is 12.1 Å². The summed E-state index contributed by atoms with van der Waals surface area (Å²) < 4.78 is 11.6. The summed E-state index contributed by atoms with van der Waals surface area (Å²) in [5.74, 6) is -2.03. The van der Waals surface area contributed by atoms with E-state index in [2.05, 4.69) is 33.9 Å². The van der Waals surface area contributed by atoms with Gasteiger partial charge >= 0.3 is 5.97 Å². The van der Waals surface area contributed by atoms with Crippen LogP contribution in [0.3, 0.4) is 0 Å². The van der Waals surface area contributed by atoms with Crippen LogP contribution in [0.2, 0.25) is 18.1 Å². The first-order chi connectivity index (χ1) is 18.0. The lowest BCUT2D eigenvalue weighted by Gasteiger charge is -2.45. The van der Waals surface area contributed by atoms with Gasteiger partial charge < -0.3 is 9.16 Å². The maximum Gasteiger partial charge on any atom is 0.357 e. The molecule has 0 radical (unpaired) electrons. The molecular weight excluding hydrogens is 584 g/mol. The summed E-state index contributed by atoms with van der Waals surface area (Å²) in [6.45, 7) is 13.1. The maximum atomic E-state index is 13.3. The molecule has 1 aromatic carbocycles. The molecule has 0 unspecified atom stereocenters. The lowest BCUT2D eigenvalue weighted by atomic mass is 9.94. The Morgan fingerprint density at radius 2 is 1.64 bits per heavy atom. The van der Waals surface area contributed by atoms with Gasteiger partial charge in [-0.2, -0.15) is 0 Å². The number of amides is 1. The van der Waals surface area contributed by atoms with Crippen LogP contribution in [-0.2, 0) is 34.9 Å². The molecule has 10 nitrogen and oxygen atoms in total. The predicted octanol–water partition coefficient (Wildman–Crippen LogP) is 5.80. The summed E-state index contributed by atoms with van der Waals surface area (Å²) in [6.07, 6.45) is 0.343. The average molecular weight is 617 g/mol. The van der Waals surface area contributed by atoms with Crippen molar-refractivity contribution < 1.29 is 33.3 Å². The second kappa shape index (κ2) is 13.4. The molecule has 1 aliphatic rings. The zero-order valence-electron chi connectivity index (χ0n) is 22.9. The number of ether oxygens (including phenoxy) is 1. The predicted molar refractivity (Wildman–Crippen MR) is 154 cm³/mol. The summed E-state index contributed by atoms with van der Waals surface area (Å²) in [7, 11) is -2.04. The Morgan fingerprint density at radius 3 is 2.08 bits per heavy atom. The third-order valence-corrected chi connectivity index (χ3v) is 13.3. The van der Waals surface area contributed by atoms with E-state index in [4.69, 9.17) is 20.8 Å². The molecular formula is C25H33ClN2O8S2Si. The van der Waals surface area contributed by atoms with Crippen molar-refractivity contribution in [2.75, 3.05) is 6.61 Å². The van der Waals surface area contributed by atoms with Gasteiger partial charge in [0, 0.05) is 32.6 Å². The molecule has 0 aliphatic carbocycles. The molecule has 0 bridgehead atoms. The van der Waals surface area contributed by atoms with E-state index in [9.17, 15) is 29.3 Å². The molecule has 1 amide bonds. The van der Waals surface area contributed by atoms with E-state index in [0.717, 1.165) is 4.90 Å². The zero-order chi connectivity index (χ0) is 29.7. The number of likely N-dealkylation sites (tertiary alicyclic amines) is 1. The minimum atomic E-state index is -2.04. The molecule has 2 atom stereocenters. The molecule has 1 aromatic rings. The fourth-order valence-corrected chi connectivity index (χ4v) is 6.70. The fourth-order valence-electron chi connectivity index (χ4n) is 3.26. The quantitative estimate of drug-likeness (QED) is 0.0439. The van der Waals surface area contributed by atoms with Gasteiger partial charge in [0.15, 0.2) is 24.2 Å². The fraction of sp³-hybridized carbons (Fsp3) is 0.520.